The molecule has 0 aliphatic heterocycles. The first kappa shape index (κ1) is 15.6. The number of H-pyrrole nitrogens is 1. The first-order valence-corrected chi connectivity index (χ1v) is 7.97. The van der Waals surface area contributed by atoms with Crippen molar-refractivity contribution in [1.29, 1.82) is 0 Å². The van der Waals surface area contributed by atoms with Crippen LogP contribution in [0.2, 0.25) is 0 Å². The molecule has 1 aromatic carbocycles. The highest BCUT2D eigenvalue weighted by molar-refractivity contribution is 7.89. The monoisotopic (exact) mass is 312 g/mol. The van der Waals surface area contributed by atoms with Gasteiger partial charge < -0.3 is 10.3 Å². The van der Waals surface area contributed by atoms with Crippen molar-refractivity contribution in [3.8, 4) is 0 Å². The van der Waals surface area contributed by atoms with E-state index in [1.54, 1.807) is 0 Å². The largest absolute Gasteiger partial charge is 0.347 e. The van der Waals surface area contributed by atoms with E-state index < -0.39 is 15.8 Å². The zero-order chi connectivity index (χ0) is 15.3. The predicted molar refractivity (Wildman–Crippen MR) is 76.4 cm³/mol. The molecule has 0 saturated heterocycles. The molecule has 0 atom stereocenters. The van der Waals surface area contributed by atoms with Gasteiger partial charge in [0.15, 0.2) is 0 Å². The van der Waals surface area contributed by atoms with Crippen molar-refractivity contribution in [1.82, 2.24) is 20.0 Å². The molecule has 0 amide bonds. The fourth-order valence-electron chi connectivity index (χ4n) is 1.82. The van der Waals surface area contributed by atoms with E-state index in [9.17, 15) is 12.8 Å². The predicted octanol–water partition coefficient (Wildman–Crippen LogP) is 1.14. The van der Waals surface area contributed by atoms with E-state index in [1.165, 1.54) is 24.7 Å². The molecule has 0 radical (unpaired) electrons. The Hall–Kier alpha value is -1.77. The van der Waals surface area contributed by atoms with Gasteiger partial charge in [-0.15, -0.1) is 0 Å². The zero-order valence-corrected chi connectivity index (χ0v) is 12.4. The van der Waals surface area contributed by atoms with Crippen molar-refractivity contribution in [2.45, 2.75) is 24.9 Å². The van der Waals surface area contributed by atoms with Crippen LogP contribution in [-0.2, 0) is 23.1 Å². The Bertz CT molecular complexity index is 686. The van der Waals surface area contributed by atoms with E-state index in [0.717, 1.165) is 6.07 Å². The van der Waals surface area contributed by atoms with E-state index >= 15 is 0 Å². The minimum atomic E-state index is -3.80. The van der Waals surface area contributed by atoms with E-state index in [4.69, 9.17) is 0 Å². The molecule has 0 unspecified atom stereocenters. The van der Waals surface area contributed by atoms with Crippen molar-refractivity contribution < 1.29 is 12.8 Å². The molecule has 8 heteroatoms. The maximum Gasteiger partial charge on any atom is 0.241 e. The Kier molecular flexibility index (Phi) is 5.05. The third-order valence-corrected chi connectivity index (χ3v) is 4.38. The van der Waals surface area contributed by atoms with E-state index in [2.05, 4.69) is 20.0 Å². The van der Waals surface area contributed by atoms with Crippen molar-refractivity contribution in [2.24, 2.45) is 0 Å². The van der Waals surface area contributed by atoms with Crippen LogP contribution in [0.25, 0.3) is 0 Å². The van der Waals surface area contributed by atoms with Crippen LogP contribution in [0.4, 0.5) is 4.39 Å². The number of aromatic amines is 1. The van der Waals surface area contributed by atoms with Gasteiger partial charge in [-0.05, 0) is 24.2 Å². The quantitative estimate of drug-likeness (QED) is 0.715. The van der Waals surface area contributed by atoms with Gasteiger partial charge >= 0.3 is 0 Å². The summed E-state index contributed by atoms with van der Waals surface area (Å²) >= 11 is 0. The van der Waals surface area contributed by atoms with Gasteiger partial charge in [-0.3, -0.25) is 0 Å². The van der Waals surface area contributed by atoms with Crippen LogP contribution in [0.5, 0.6) is 0 Å². The number of hydrogen-bond donors (Lipinski definition) is 3. The molecule has 21 heavy (non-hydrogen) atoms. The summed E-state index contributed by atoms with van der Waals surface area (Å²) in [6.45, 7) is 3.03. The second-order valence-electron chi connectivity index (χ2n) is 4.43. The molecular formula is C13H17FN4O2S. The number of imidazole rings is 1. The van der Waals surface area contributed by atoms with Crippen LogP contribution in [0, 0.1) is 5.82 Å². The number of nitrogens with zero attached hydrogens (tertiary/aromatic N) is 1. The lowest BCUT2D eigenvalue weighted by molar-refractivity contribution is 0.573. The molecule has 0 aliphatic carbocycles. The summed E-state index contributed by atoms with van der Waals surface area (Å²) in [5.74, 6) is -0.586. The number of aromatic nitrogens is 2. The highest BCUT2D eigenvalue weighted by Gasteiger charge is 2.19. The molecule has 1 aromatic heterocycles. The Morgan fingerprint density at radius 2 is 2.14 bits per heavy atom. The third kappa shape index (κ3) is 4.10. The second kappa shape index (κ2) is 6.79. The van der Waals surface area contributed by atoms with Crippen LogP contribution in [0.3, 0.4) is 0 Å². The maximum atomic E-state index is 13.4. The summed E-state index contributed by atoms with van der Waals surface area (Å²) in [6, 6.07) is 3.76. The van der Waals surface area contributed by atoms with Gasteiger partial charge in [-0.1, -0.05) is 13.0 Å². The van der Waals surface area contributed by atoms with Crippen LogP contribution in [0.15, 0.2) is 35.6 Å². The average Bonchev–Trinajstić information content (AvgIpc) is 2.97. The molecule has 0 fully saturated rings. The topological polar surface area (TPSA) is 86.9 Å². The molecule has 3 N–H and O–H groups in total. The van der Waals surface area contributed by atoms with E-state index in [0.29, 0.717) is 24.3 Å². The molecule has 1 heterocycles. The van der Waals surface area contributed by atoms with Gasteiger partial charge in [-0.2, -0.15) is 0 Å². The molecule has 0 bridgehead atoms. The molecule has 0 saturated carbocycles. The Morgan fingerprint density at radius 3 is 2.81 bits per heavy atom. The molecule has 114 valence electrons. The number of rotatable bonds is 7. The van der Waals surface area contributed by atoms with Crippen molar-refractivity contribution in [3.05, 3.63) is 47.8 Å². The second-order valence-corrected chi connectivity index (χ2v) is 6.17. The fraction of sp³-hybridized carbons (Fsp3) is 0.308. The van der Waals surface area contributed by atoms with Gasteiger partial charge in [0.2, 0.25) is 10.0 Å². The summed E-state index contributed by atoms with van der Waals surface area (Å²) in [6.07, 6.45) is 2.98. The lowest BCUT2D eigenvalue weighted by Gasteiger charge is -2.11. The fourth-order valence-corrected chi connectivity index (χ4v) is 3.07. The number of benzene rings is 1. The lowest BCUT2D eigenvalue weighted by atomic mass is 10.2. The summed E-state index contributed by atoms with van der Waals surface area (Å²) < 4.78 is 40.5. The Morgan fingerprint density at radius 1 is 1.33 bits per heavy atom. The minimum Gasteiger partial charge on any atom is -0.347 e. The standard InChI is InChI=1S/C13H17FN4O2S/c1-2-15-6-10-3-4-11(14)5-13(10)21(19,20)18-8-12-7-16-9-17-12/h3-5,7,9,15,18H,2,6,8H2,1H3,(H,16,17). The highest BCUT2D eigenvalue weighted by atomic mass is 32.2. The first-order valence-electron chi connectivity index (χ1n) is 6.49. The average molecular weight is 312 g/mol. The molecule has 2 aromatic rings. The molecule has 6 nitrogen and oxygen atoms in total. The normalized spacial score (nSPS) is 11.7. The van der Waals surface area contributed by atoms with Crippen LogP contribution in [0.1, 0.15) is 18.2 Å². The first-order chi connectivity index (χ1) is 10.0. The minimum absolute atomic E-state index is 0.0528. The lowest BCUT2D eigenvalue weighted by Crippen LogP contribution is -2.26. The summed E-state index contributed by atoms with van der Waals surface area (Å²) in [4.78, 5) is 6.55. The van der Waals surface area contributed by atoms with E-state index in [-0.39, 0.29) is 11.4 Å². The van der Waals surface area contributed by atoms with Gasteiger partial charge in [0.05, 0.1) is 17.8 Å². The molecule has 0 spiro atoms. The molecule has 2 rings (SSSR count). The summed E-state index contributed by atoms with van der Waals surface area (Å²) in [7, 11) is -3.80. The van der Waals surface area contributed by atoms with Gasteiger partial charge in [0.1, 0.15) is 5.82 Å². The number of hydrogen-bond acceptors (Lipinski definition) is 4. The van der Waals surface area contributed by atoms with Gasteiger partial charge in [0.25, 0.3) is 0 Å². The van der Waals surface area contributed by atoms with Gasteiger partial charge in [0, 0.05) is 18.4 Å². The van der Waals surface area contributed by atoms with Crippen LogP contribution >= 0.6 is 0 Å². The van der Waals surface area contributed by atoms with Crippen molar-refractivity contribution >= 4 is 10.0 Å². The SMILES string of the molecule is CCNCc1ccc(F)cc1S(=O)(=O)NCc1cnc[nH]1. The highest BCUT2D eigenvalue weighted by Crippen LogP contribution is 2.17. The van der Waals surface area contributed by atoms with E-state index in [1.807, 2.05) is 6.92 Å². The van der Waals surface area contributed by atoms with Gasteiger partial charge in [-0.25, -0.2) is 22.5 Å². The van der Waals surface area contributed by atoms with Crippen LogP contribution in [-0.4, -0.2) is 24.9 Å². The van der Waals surface area contributed by atoms with Crippen molar-refractivity contribution in [3.63, 3.8) is 0 Å². The Labute approximate surface area is 122 Å². The number of nitrogens with one attached hydrogen (secondary N) is 3. The van der Waals surface area contributed by atoms with Crippen LogP contribution < -0.4 is 10.0 Å². The third-order valence-electron chi connectivity index (χ3n) is 2.89. The van der Waals surface area contributed by atoms with Crippen molar-refractivity contribution in [2.75, 3.05) is 6.54 Å². The number of halogens is 1. The zero-order valence-electron chi connectivity index (χ0n) is 11.6. The molecule has 0 aliphatic rings. The smallest absolute Gasteiger partial charge is 0.241 e. The maximum absolute atomic E-state index is 13.4. The molecular weight excluding hydrogens is 295 g/mol. The summed E-state index contributed by atoms with van der Waals surface area (Å²) in [5.41, 5.74) is 1.15. The Balaban J connectivity index is 2.23. The number of sulfonamides is 1. The summed E-state index contributed by atoms with van der Waals surface area (Å²) in [5, 5.41) is 3.04.